The van der Waals surface area contributed by atoms with Crippen molar-refractivity contribution in [3.63, 3.8) is 0 Å². The molecule has 0 aromatic rings. The van der Waals surface area contributed by atoms with Crippen LogP contribution in [0.4, 0.5) is 0 Å². The topological polar surface area (TPSA) is 29.3 Å². The predicted octanol–water partition coefficient (Wildman–Crippen LogP) is 3.26. The molecular weight excluding hydrogens is 208 g/mol. The molecule has 17 heavy (non-hydrogen) atoms. The highest BCUT2D eigenvalue weighted by atomic mass is 15.2. The minimum Gasteiger partial charge on any atom is -0.329 e. The molecule has 1 rings (SSSR count). The molecule has 2 heteroatoms. The third-order valence-electron chi connectivity index (χ3n) is 4.71. The van der Waals surface area contributed by atoms with E-state index < -0.39 is 0 Å². The highest BCUT2D eigenvalue weighted by Gasteiger charge is 2.28. The van der Waals surface area contributed by atoms with Crippen molar-refractivity contribution in [2.75, 3.05) is 19.6 Å². The van der Waals surface area contributed by atoms with Crippen molar-refractivity contribution in [1.82, 2.24) is 4.90 Å². The van der Waals surface area contributed by atoms with Crippen LogP contribution >= 0.6 is 0 Å². The fraction of sp³-hybridized carbons (Fsp3) is 1.00. The van der Waals surface area contributed by atoms with Crippen LogP contribution in [-0.2, 0) is 0 Å². The highest BCUT2D eigenvalue weighted by molar-refractivity contribution is 4.84. The summed E-state index contributed by atoms with van der Waals surface area (Å²) in [6.07, 6.45) is 8.25. The van der Waals surface area contributed by atoms with Crippen LogP contribution in [0.2, 0.25) is 0 Å². The fourth-order valence-electron chi connectivity index (χ4n) is 3.36. The Hall–Kier alpha value is -0.0800. The monoisotopic (exact) mass is 240 g/mol. The lowest BCUT2D eigenvalue weighted by molar-refractivity contribution is 0.129. The second-order valence-corrected chi connectivity index (χ2v) is 5.62. The summed E-state index contributed by atoms with van der Waals surface area (Å²) in [5, 5.41) is 0. The van der Waals surface area contributed by atoms with E-state index in [4.69, 9.17) is 5.73 Å². The van der Waals surface area contributed by atoms with Crippen LogP contribution in [0.3, 0.4) is 0 Å². The van der Waals surface area contributed by atoms with Gasteiger partial charge in [0.15, 0.2) is 0 Å². The molecule has 0 radical (unpaired) electrons. The molecule has 1 fully saturated rings. The summed E-state index contributed by atoms with van der Waals surface area (Å²) in [6, 6.07) is 0.642. The largest absolute Gasteiger partial charge is 0.329 e. The third kappa shape index (κ3) is 4.26. The second-order valence-electron chi connectivity index (χ2n) is 5.62. The highest BCUT2D eigenvalue weighted by Crippen LogP contribution is 2.30. The van der Waals surface area contributed by atoms with Crippen LogP contribution < -0.4 is 5.73 Å². The first-order valence-corrected chi connectivity index (χ1v) is 7.70. The maximum absolute atomic E-state index is 6.05. The Morgan fingerprint density at radius 3 is 2.12 bits per heavy atom. The maximum atomic E-state index is 6.05. The van der Waals surface area contributed by atoms with Gasteiger partial charge in [0.2, 0.25) is 0 Å². The van der Waals surface area contributed by atoms with Gasteiger partial charge in [0.05, 0.1) is 0 Å². The first kappa shape index (κ1) is 15.0. The molecule has 1 atom stereocenters. The fourth-order valence-corrected chi connectivity index (χ4v) is 3.36. The predicted molar refractivity (Wildman–Crippen MR) is 76.1 cm³/mol. The summed E-state index contributed by atoms with van der Waals surface area (Å²) < 4.78 is 0. The molecule has 1 unspecified atom stereocenters. The average molecular weight is 240 g/mol. The number of nitrogens with zero attached hydrogens (tertiary/aromatic N) is 1. The summed E-state index contributed by atoms with van der Waals surface area (Å²) in [5.74, 6) is 1.72. The summed E-state index contributed by atoms with van der Waals surface area (Å²) in [7, 11) is 0. The molecule has 0 amide bonds. The van der Waals surface area contributed by atoms with Gasteiger partial charge in [-0.3, -0.25) is 4.90 Å². The zero-order valence-electron chi connectivity index (χ0n) is 12.1. The van der Waals surface area contributed by atoms with Gasteiger partial charge in [-0.2, -0.15) is 0 Å². The second kappa shape index (κ2) is 8.10. The van der Waals surface area contributed by atoms with E-state index in [0.717, 1.165) is 24.9 Å². The molecule has 102 valence electrons. The van der Waals surface area contributed by atoms with Crippen LogP contribution in [-0.4, -0.2) is 30.6 Å². The molecule has 0 aromatic heterocycles. The number of hydrogen-bond acceptors (Lipinski definition) is 2. The Balaban J connectivity index is 2.55. The molecule has 0 saturated heterocycles. The van der Waals surface area contributed by atoms with E-state index in [2.05, 4.69) is 25.7 Å². The minimum absolute atomic E-state index is 0.642. The van der Waals surface area contributed by atoms with Crippen molar-refractivity contribution in [1.29, 1.82) is 0 Å². The maximum Gasteiger partial charge on any atom is 0.0246 e. The van der Waals surface area contributed by atoms with Crippen molar-refractivity contribution in [3.05, 3.63) is 0 Å². The van der Waals surface area contributed by atoms with Gasteiger partial charge in [-0.1, -0.05) is 46.5 Å². The van der Waals surface area contributed by atoms with Crippen LogP contribution in [0.25, 0.3) is 0 Å². The van der Waals surface area contributed by atoms with Gasteiger partial charge in [0.1, 0.15) is 0 Å². The Bertz CT molecular complexity index is 183. The molecular formula is C15H32N2. The van der Waals surface area contributed by atoms with Crippen LogP contribution in [0.15, 0.2) is 0 Å². The van der Waals surface area contributed by atoms with E-state index in [1.54, 1.807) is 0 Å². The Morgan fingerprint density at radius 2 is 1.71 bits per heavy atom. The molecule has 0 aromatic carbocycles. The van der Waals surface area contributed by atoms with Gasteiger partial charge in [0.25, 0.3) is 0 Å². The van der Waals surface area contributed by atoms with Crippen molar-refractivity contribution < 1.29 is 0 Å². The molecule has 0 spiro atoms. The standard InChI is InChI=1S/C15H32N2/c1-4-13(5-2)12-17(6-3)15(11-16)14-9-7-8-10-14/h13-15H,4-12,16H2,1-3H3. The van der Waals surface area contributed by atoms with Crippen molar-refractivity contribution in [3.8, 4) is 0 Å². The number of rotatable bonds is 8. The van der Waals surface area contributed by atoms with Crippen molar-refractivity contribution in [2.45, 2.75) is 65.3 Å². The summed E-state index contributed by atoms with van der Waals surface area (Å²) in [6.45, 7) is 10.2. The molecule has 0 aliphatic heterocycles. The molecule has 1 aliphatic rings. The average Bonchev–Trinajstić information content (AvgIpc) is 2.88. The number of hydrogen-bond donors (Lipinski definition) is 1. The molecule has 2 nitrogen and oxygen atoms in total. The minimum atomic E-state index is 0.642. The summed E-state index contributed by atoms with van der Waals surface area (Å²) in [5.41, 5.74) is 6.05. The Labute approximate surface area is 108 Å². The quantitative estimate of drug-likeness (QED) is 0.705. The Kier molecular flexibility index (Phi) is 7.14. The van der Waals surface area contributed by atoms with Crippen LogP contribution in [0.5, 0.6) is 0 Å². The molecule has 1 saturated carbocycles. The smallest absolute Gasteiger partial charge is 0.0246 e. The van der Waals surface area contributed by atoms with E-state index in [9.17, 15) is 0 Å². The lowest BCUT2D eigenvalue weighted by Crippen LogP contribution is -2.46. The van der Waals surface area contributed by atoms with E-state index in [1.807, 2.05) is 0 Å². The first-order valence-electron chi connectivity index (χ1n) is 7.70. The Morgan fingerprint density at radius 1 is 1.12 bits per heavy atom. The zero-order valence-corrected chi connectivity index (χ0v) is 12.1. The molecule has 1 aliphatic carbocycles. The van der Waals surface area contributed by atoms with Gasteiger partial charge < -0.3 is 5.73 Å². The third-order valence-corrected chi connectivity index (χ3v) is 4.71. The summed E-state index contributed by atoms with van der Waals surface area (Å²) in [4.78, 5) is 2.66. The molecule has 2 N–H and O–H groups in total. The lowest BCUT2D eigenvalue weighted by atomic mass is 9.94. The zero-order chi connectivity index (χ0) is 12.7. The van der Waals surface area contributed by atoms with Gasteiger partial charge in [-0.25, -0.2) is 0 Å². The summed E-state index contributed by atoms with van der Waals surface area (Å²) >= 11 is 0. The number of nitrogens with two attached hydrogens (primary N) is 1. The van der Waals surface area contributed by atoms with E-state index in [1.165, 1.54) is 45.1 Å². The van der Waals surface area contributed by atoms with Crippen LogP contribution in [0.1, 0.15) is 59.3 Å². The normalized spacial score (nSPS) is 19.4. The first-order chi connectivity index (χ1) is 8.26. The van der Waals surface area contributed by atoms with Gasteiger partial charge in [-0.15, -0.1) is 0 Å². The number of likely N-dealkylation sites (N-methyl/N-ethyl adjacent to an activating group) is 1. The van der Waals surface area contributed by atoms with Gasteiger partial charge in [-0.05, 0) is 31.2 Å². The van der Waals surface area contributed by atoms with Crippen LogP contribution in [0, 0.1) is 11.8 Å². The van der Waals surface area contributed by atoms with E-state index >= 15 is 0 Å². The van der Waals surface area contributed by atoms with E-state index in [-0.39, 0.29) is 0 Å². The van der Waals surface area contributed by atoms with E-state index in [0.29, 0.717) is 6.04 Å². The molecule has 0 bridgehead atoms. The molecule has 0 heterocycles. The van der Waals surface area contributed by atoms with Crippen molar-refractivity contribution in [2.24, 2.45) is 17.6 Å². The van der Waals surface area contributed by atoms with Gasteiger partial charge in [0, 0.05) is 19.1 Å². The van der Waals surface area contributed by atoms with Gasteiger partial charge >= 0.3 is 0 Å². The SMILES string of the molecule is CCC(CC)CN(CC)C(CN)C1CCCC1. The van der Waals surface area contributed by atoms with Crippen molar-refractivity contribution >= 4 is 0 Å². The lowest BCUT2D eigenvalue weighted by Gasteiger charge is -2.36.